The quantitative estimate of drug-likeness (QED) is 0.411. The van der Waals surface area contributed by atoms with Crippen LogP contribution in [0.1, 0.15) is 16.8 Å². The third kappa shape index (κ3) is 4.35. The molecule has 0 radical (unpaired) electrons. The maximum Gasteiger partial charge on any atom is 0.190 e. The predicted octanol–water partition coefficient (Wildman–Crippen LogP) is 5.84. The van der Waals surface area contributed by atoms with E-state index in [-0.39, 0.29) is 5.82 Å². The largest absolute Gasteiger partial charge is 0.316 e. The van der Waals surface area contributed by atoms with Gasteiger partial charge in [-0.25, -0.2) is 9.38 Å². The molecule has 4 rings (SSSR count). The molecule has 0 bridgehead atoms. The van der Waals surface area contributed by atoms with Crippen LogP contribution in [0.15, 0.2) is 77.2 Å². The number of thiazole rings is 1. The van der Waals surface area contributed by atoms with E-state index in [2.05, 4.69) is 47.0 Å². The summed E-state index contributed by atoms with van der Waals surface area (Å²) < 4.78 is 15.6. The molecule has 0 saturated carbocycles. The summed E-state index contributed by atoms with van der Waals surface area (Å²) >= 11 is 1.60. The van der Waals surface area contributed by atoms with Gasteiger partial charge < -0.3 is 4.57 Å². The zero-order chi connectivity index (χ0) is 20.2. The van der Waals surface area contributed by atoms with Crippen molar-refractivity contribution >= 4 is 17.0 Å². The number of benzene rings is 2. The normalized spacial score (nSPS) is 11.8. The monoisotopic (exact) mass is 403 g/mol. The average Bonchev–Trinajstić information content (AvgIpc) is 3.13. The molecule has 0 aliphatic rings. The topological polar surface area (TPSA) is 30.2 Å². The van der Waals surface area contributed by atoms with E-state index in [9.17, 15) is 4.39 Å². The summed E-state index contributed by atoms with van der Waals surface area (Å²) in [5, 5.41) is 2.10. The van der Waals surface area contributed by atoms with Crippen molar-refractivity contribution in [3.63, 3.8) is 0 Å². The first-order valence-corrected chi connectivity index (χ1v) is 10.4. The molecule has 0 aliphatic carbocycles. The Balaban J connectivity index is 1.80. The number of nitrogens with zero attached hydrogens (tertiary/aromatic N) is 3. The standard InChI is InChI=1S/C24H22FN3S/c1-17-6-5-7-18(2)23(17)27-24-28(15-13-21-8-3-4-14-26-21)22(16-29-24)19-9-11-20(25)12-10-19/h3-12,14,16H,13,15H2,1-2H3. The first kappa shape index (κ1) is 19.3. The van der Waals surface area contributed by atoms with Crippen molar-refractivity contribution in [2.45, 2.75) is 26.8 Å². The van der Waals surface area contributed by atoms with Crippen LogP contribution in [0.25, 0.3) is 11.3 Å². The van der Waals surface area contributed by atoms with Crippen molar-refractivity contribution in [3.8, 4) is 11.3 Å². The van der Waals surface area contributed by atoms with Crippen LogP contribution in [0.5, 0.6) is 0 Å². The molecule has 3 nitrogen and oxygen atoms in total. The fourth-order valence-corrected chi connectivity index (χ4v) is 4.28. The van der Waals surface area contributed by atoms with Crippen LogP contribution in [0, 0.1) is 19.7 Å². The highest BCUT2D eigenvalue weighted by Gasteiger charge is 2.10. The van der Waals surface area contributed by atoms with Crippen LogP contribution in [0.4, 0.5) is 10.1 Å². The zero-order valence-corrected chi connectivity index (χ0v) is 17.3. The summed E-state index contributed by atoms with van der Waals surface area (Å²) in [6, 6.07) is 18.8. The van der Waals surface area contributed by atoms with E-state index in [1.807, 2.05) is 36.5 Å². The van der Waals surface area contributed by atoms with Gasteiger partial charge in [-0.3, -0.25) is 4.98 Å². The van der Waals surface area contributed by atoms with Gasteiger partial charge in [0.2, 0.25) is 0 Å². The molecular formula is C24H22FN3S. The van der Waals surface area contributed by atoms with Crippen LogP contribution in [-0.4, -0.2) is 9.55 Å². The minimum absolute atomic E-state index is 0.232. The molecule has 0 aliphatic heterocycles. The van der Waals surface area contributed by atoms with E-state index in [4.69, 9.17) is 4.99 Å². The van der Waals surface area contributed by atoms with E-state index >= 15 is 0 Å². The molecule has 0 N–H and O–H groups in total. The molecule has 2 heterocycles. The number of halogens is 1. The molecule has 0 saturated heterocycles. The van der Waals surface area contributed by atoms with Crippen LogP contribution in [-0.2, 0) is 13.0 Å². The molecule has 2 aromatic heterocycles. The molecule has 29 heavy (non-hydrogen) atoms. The van der Waals surface area contributed by atoms with Crippen molar-refractivity contribution < 1.29 is 4.39 Å². The highest BCUT2D eigenvalue weighted by molar-refractivity contribution is 7.07. The Kier molecular flexibility index (Phi) is 5.67. The summed E-state index contributed by atoms with van der Waals surface area (Å²) in [6.45, 7) is 4.91. The highest BCUT2D eigenvalue weighted by Crippen LogP contribution is 2.25. The number of pyridine rings is 1. The predicted molar refractivity (Wildman–Crippen MR) is 117 cm³/mol. The van der Waals surface area contributed by atoms with Gasteiger partial charge in [0.15, 0.2) is 4.80 Å². The molecule has 5 heteroatoms. The van der Waals surface area contributed by atoms with Crippen molar-refractivity contribution in [2.24, 2.45) is 4.99 Å². The Labute approximate surface area is 173 Å². The number of rotatable bonds is 5. The number of aromatic nitrogens is 2. The van der Waals surface area contributed by atoms with Crippen molar-refractivity contribution in [1.82, 2.24) is 9.55 Å². The summed E-state index contributed by atoms with van der Waals surface area (Å²) in [5.74, 6) is -0.232. The summed E-state index contributed by atoms with van der Waals surface area (Å²) in [5.41, 5.74) is 6.36. The van der Waals surface area contributed by atoms with Gasteiger partial charge in [0.25, 0.3) is 0 Å². The minimum atomic E-state index is -0.232. The van der Waals surface area contributed by atoms with Crippen molar-refractivity contribution in [1.29, 1.82) is 0 Å². The number of hydrogen-bond acceptors (Lipinski definition) is 3. The fourth-order valence-electron chi connectivity index (χ4n) is 3.34. The van der Waals surface area contributed by atoms with Crippen LogP contribution >= 0.6 is 11.3 Å². The van der Waals surface area contributed by atoms with Gasteiger partial charge in [-0.2, -0.15) is 0 Å². The molecule has 2 aromatic carbocycles. The zero-order valence-electron chi connectivity index (χ0n) is 16.5. The molecule has 0 atom stereocenters. The summed E-state index contributed by atoms with van der Waals surface area (Å²) in [7, 11) is 0. The van der Waals surface area contributed by atoms with E-state index in [0.717, 1.165) is 51.5 Å². The highest BCUT2D eigenvalue weighted by atomic mass is 32.1. The first-order valence-electron chi connectivity index (χ1n) is 9.57. The maximum absolute atomic E-state index is 13.4. The molecule has 0 unspecified atom stereocenters. The SMILES string of the molecule is Cc1cccc(C)c1N=c1scc(-c2ccc(F)cc2)n1CCc1ccccn1. The Bertz CT molecular complexity index is 1150. The Morgan fingerprint density at radius 3 is 2.41 bits per heavy atom. The molecule has 0 fully saturated rings. The number of hydrogen-bond donors (Lipinski definition) is 0. The molecule has 0 spiro atoms. The number of para-hydroxylation sites is 1. The Morgan fingerprint density at radius 2 is 1.72 bits per heavy atom. The molecular weight excluding hydrogens is 381 g/mol. The first-order chi connectivity index (χ1) is 14.1. The fraction of sp³-hybridized carbons (Fsp3) is 0.167. The lowest BCUT2D eigenvalue weighted by atomic mass is 10.1. The average molecular weight is 404 g/mol. The van der Waals surface area contributed by atoms with Gasteiger partial charge in [0.05, 0.1) is 11.4 Å². The lowest BCUT2D eigenvalue weighted by Crippen LogP contribution is -2.17. The molecule has 146 valence electrons. The van der Waals surface area contributed by atoms with Gasteiger partial charge >= 0.3 is 0 Å². The molecule has 4 aromatic rings. The Morgan fingerprint density at radius 1 is 0.966 bits per heavy atom. The second kappa shape index (κ2) is 8.53. The van der Waals surface area contributed by atoms with Crippen LogP contribution < -0.4 is 4.80 Å². The lowest BCUT2D eigenvalue weighted by Gasteiger charge is -2.10. The van der Waals surface area contributed by atoms with Crippen LogP contribution in [0.2, 0.25) is 0 Å². The summed E-state index contributed by atoms with van der Waals surface area (Å²) in [4.78, 5) is 10.4. The van der Waals surface area contributed by atoms with Gasteiger partial charge in [-0.15, -0.1) is 11.3 Å². The second-order valence-electron chi connectivity index (χ2n) is 6.99. The van der Waals surface area contributed by atoms with Gasteiger partial charge in [0.1, 0.15) is 5.82 Å². The van der Waals surface area contributed by atoms with Gasteiger partial charge in [-0.05, 0) is 66.9 Å². The smallest absolute Gasteiger partial charge is 0.190 e. The maximum atomic E-state index is 13.4. The lowest BCUT2D eigenvalue weighted by molar-refractivity contribution is 0.627. The minimum Gasteiger partial charge on any atom is -0.316 e. The Hall–Kier alpha value is -3.05. The van der Waals surface area contributed by atoms with Gasteiger partial charge in [0, 0.05) is 30.2 Å². The third-order valence-corrected chi connectivity index (χ3v) is 5.77. The summed E-state index contributed by atoms with van der Waals surface area (Å²) in [6.07, 6.45) is 2.61. The van der Waals surface area contributed by atoms with Crippen molar-refractivity contribution in [3.05, 3.63) is 99.7 Å². The van der Waals surface area contributed by atoms with E-state index < -0.39 is 0 Å². The van der Waals surface area contributed by atoms with Crippen LogP contribution in [0.3, 0.4) is 0 Å². The second-order valence-corrected chi connectivity index (χ2v) is 7.82. The number of aryl methyl sites for hydroxylation is 3. The van der Waals surface area contributed by atoms with Crippen molar-refractivity contribution in [2.75, 3.05) is 0 Å². The van der Waals surface area contributed by atoms with Gasteiger partial charge in [-0.1, -0.05) is 24.3 Å². The van der Waals surface area contributed by atoms with E-state index in [1.54, 1.807) is 11.3 Å². The molecule has 0 amide bonds. The van der Waals surface area contributed by atoms with E-state index in [0.29, 0.717) is 0 Å². The van der Waals surface area contributed by atoms with E-state index in [1.165, 1.54) is 12.1 Å². The third-order valence-electron chi connectivity index (χ3n) is 4.90.